The van der Waals surface area contributed by atoms with Crippen molar-refractivity contribution >= 4 is 32.9 Å². The van der Waals surface area contributed by atoms with Gasteiger partial charge < -0.3 is 5.73 Å². The monoisotopic (exact) mass is 293 g/mol. The zero-order valence-corrected chi connectivity index (χ0v) is 11.4. The number of hydrogen-bond donors (Lipinski definition) is 2. The van der Waals surface area contributed by atoms with Crippen molar-refractivity contribution in [2.75, 3.05) is 4.72 Å². The summed E-state index contributed by atoms with van der Waals surface area (Å²) in [6, 6.07) is 9.69. The average Bonchev–Trinajstić information content (AvgIpc) is 2.39. The molecule has 0 unspecified atom stereocenters. The van der Waals surface area contributed by atoms with Crippen LogP contribution in [-0.2, 0) is 10.0 Å². The second kappa shape index (κ2) is 5.33. The predicted molar refractivity (Wildman–Crippen MR) is 77.4 cm³/mol. The van der Waals surface area contributed by atoms with E-state index in [0.717, 1.165) is 0 Å². The van der Waals surface area contributed by atoms with Crippen molar-refractivity contribution in [3.63, 3.8) is 0 Å². The minimum atomic E-state index is -3.70. The van der Waals surface area contributed by atoms with Crippen LogP contribution in [0.4, 0.5) is 5.69 Å². The Morgan fingerprint density at radius 3 is 2.58 bits per heavy atom. The Labute approximate surface area is 116 Å². The van der Waals surface area contributed by atoms with E-state index in [2.05, 4.69) is 9.71 Å². The maximum atomic E-state index is 12.1. The van der Waals surface area contributed by atoms with E-state index in [9.17, 15) is 8.42 Å². The van der Waals surface area contributed by atoms with Crippen molar-refractivity contribution in [3.05, 3.63) is 54.4 Å². The van der Waals surface area contributed by atoms with Crippen molar-refractivity contribution in [3.8, 4) is 0 Å². The van der Waals surface area contributed by atoms with Gasteiger partial charge in [0.2, 0.25) is 0 Å². The number of benzene rings is 1. The SMILES string of the molecule is NC(=S)c1ccccc1NS(=O)(=O)c1cccnc1. The first kappa shape index (κ1) is 13.4. The van der Waals surface area contributed by atoms with Gasteiger partial charge in [-0.2, -0.15) is 0 Å². The van der Waals surface area contributed by atoms with Gasteiger partial charge in [0.15, 0.2) is 0 Å². The summed E-state index contributed by atoms with van der Waals surface area (Å²) >= 11 is 4.89. The molecule has 0 radical (unpaired) electrons. The molecule has 0 aliphatic rings. The molecule has 0 bridgehead atoms. The Bertz CT molecular complexity index is 700. The number of thiocarbonyl (C=S) groups is 1. The molecule has 2 rings (SSSR count). The normalized spacial score (nSPS) is 10.9. The number of pyridine rings is 1. The van der Waals surface area contributed by atoms with Gasteiger partial charge in [-0.25, -0.2) is 8.42 Å². The molecule has 0 aliphatic carbocycles. The molecule has 0 saturated carbocycles. The second-order valence-corrected chi connectivity index (χ2v) is 5.83. The van der Waals surface area contributed by atoms with Crippen LogP contribution in [-0.4, -0.2) is 18.4 Å². The number of nitrogens with two attached hydrogens (primary N) is 1. The van der Waals surface area contributed by atoms with Crippen LogP contribution in [0.2, 0.25) is 0 Å². The van der Waals surface area contributed by atoms with Gasteiger partial charge in [-0.1, -0.05) is 24.4 Å². The molecule has 1 heterocycles. The number of hydrogen-bond acceptors (Lipinski definition) is 4. The molecule has 0 amide bonds. The highest BCUT2D eigenvalue weighted by molar-refractivity contribution is 7.92. The molecule has 3 N–H and O–H groups in total. The topological polar surface area (TPSA) is 85.1 Å². The molecule has 0 aliphatic heterocycles. The van der Waals surface area contributed by atoms with Crippen molar-refractivity contribution in [1.82, 2.24) is 4.98 Å². The van der Waals surface area contributed by atoms with Gasteiger partial charge in [0.25, 0.3) is 10.0 Å². The van der Waals surface area contributed by atoms with E-state index in [-0.39, 0.29) is 9.88 Å². The summed E-state index contributed by atoms with van der Waals surface area (Å²) in [6.07, 6.45) is 2.77. The summed E-state index contributed by atoms with van der Waals surface area (Å²) in [7, 11) is -3.70. The molecule has 0 spiro atoms. The quantitative estimate of drug-likeness (QED) is 0.835. The highest BCUT2D eigenvalue weighted by atomic mass is 32.2. The standard InChI is InChI=1S/C12H11N3O2S2/c13-12(18)10-5-1-2-6-11(10)15-19(16,17)9-4-3-7-14-8-9/h1-8,15H,(H2,13,18). The number of sulfonamides is 1. The van der Waals surface area contributed by atoms with E-state index < -0.39 is 10.0 Å². The summed E-state index contributed by atoms with van der Waals surface area (Å²) < 4.78 is 26.7. The molecule has 19 heavy (non-hydrogen) atoms. The van der Waals surface area contributed by atoms with Gasteiger partial charge >= 0.3 is 0 Å². The van der Waals surface area contributed by atoms with Crippen LogP contribution in [0, 0.1) is 0 Å². The molecule has 0 atom stereocenters. The van der Waals surface area contributed by atoms with Crippen LogP contribution < -0.4 is 10.5 Å². The lowest BCUT2D eigenvalue weighted by atomic mass is 10.2. The average molecular weight is 293 g/mol. The van der Waals surface area contributed by atoms with Crippen molar-refractivity contribution < 1.29 is 8.42 Å². The molecule has 1 aromatic heterocycles. The van der Waals surface area contributed by atoms with E-state index in [4.69, 9.17) is 18.0 Å². The van der Waals surface area contributed by atoms with Gasteiger partial charge in [-0.15, -0.1) is 0 Å². The molecule has 98 valence electrons. The Balaban J connectivity index is 2.39. The summed E-state index contributed by atoms with van der Waals surface area (Å²) in [4.78, 5) is 3.99. The number of anilines is 1. The molecule has 2 aromatic rings. The van der Waals surface area contributed by atoms with Crippen LogP contribution in [0.3, 0.4) is 0 Å². The summed E-state index contributed by atoms with van der Waals surface area (Å²) in [6.45, 7) is 0. The lowest BCUT2D eigenvalue weighted by molar-refractivity contribution is 0.601. The van der Waals surface area contributed by atoms with Gasteiger partial charge in [0.05, 0.1) is 5.69 Å². The van der Waals surface area contributed by atoms with E-state index in [1.54, 1.807) is 30.3 Å². The lowest BCUT2D eigenvalue weighted by Gasteiger charge is -2.11. The number of aromatic nitrogens is 1. The van der Waals surface area contributed by atoms with E-state index in [1.165, 1.54) is 18.5 Å². The first-order valence-corrected chi connectivity index (χ1v) is 7.21. The minimum Gasteiger partial charge on any atom is -0.389 e. The van der Waals surface area contributed by atoms with E-state index >= 15 is 0 Å². The Hall–Kier alpha value is -1.99. The summed E-state index contributed by atoms with van der Waals surface area (Å²) in [5.41, 5.74) is 6.38. The fraction of sp³-hybridized carbons (Fsp3) is 0. The number of nitrogens with one attached hydrogen (secondary N) is 1. The van der Waals surface area contributed by atoms with Crippen LogP contribution in [0.1, 0.15) is 5.56 Å². The Morgan fingerprint density at radius 1 is 1.21 bits per heavy atom. The Morgan fingerprint density at radius 2 is 1.95 bits per heavy atom. The van der Waals surface area contributed by atoms with Crippen LogP contribution >= 0.6 is 12.2 Å². The zero-order chi connectivity index (χ0) is 13.9. The number of para-hydroxylation sites is 1. The fourth-order valence-electron chi connectivity index (χ4n) is 1.50. The number of nitrogens with zero attached hydrogens (tertiary/aromatic N) is 1. The molecule has 1 aromatic carbocycles. The largest absolute Gasteiger partial charge is 0.389 e. The Kier molecular flexibility index (Phi) is 3.77. The summed E-state index contributed by atoms with van der Waals surface area (Å²) in [5, 5.41) is 0. The third-order valence-corrected chi connectivity index (χ3v) is 3.95. The van der Waals surface area contributed by atoms with Gasteiger partial charge in [-0.05, 0) is 24.3 Å². The molecule has 5 nitrogen and oxygen atoms in total. The zero-order valence-electron chi connectivity index (χ0n) is 9.78. The number of rotatable bonds is 4. The predicted octanol–water partition coefficient (Wildman–Crippen LogP) is 1.52. The third-order valence-electron chi connectivity index (χ3n) is 2.38. The van der Waals surface area contributed by atoms with E-state index in [1.807, 2.05) is 0 Å². The van der Waals surface area contributed by atoms with Crippen LogP contribution in [0.5, 0.6) is 0 Å². The molecular weight excluding hydrogens is 282 g/mol. The highest BCUT2D eigenvalue weighted by Crippen LogP contribution is 2.19. The minimum absolute atomic E-state index is 0.0766. The highest BCUT2D eigenvalue weighted by Gasteiger charge is 2.16. The maximum absolute atomic E-state index is 12.1. The van der Waals surface area contributed by atoms with Gasteiger partial charge in [0.1, 0.15) is 9.88 Å². The first-order chi connectivity index (χ1) is 9.00. The van der Waals surface area contributed by atoms with E-state index in [0.29, 0.717) is 11.3 Å². The van der Waals surface area contributed by atoms with Crippen molar-refractivity contribution in [2.24, 2.45) is 5.73 Å². The molecule has 0 saturated heterocycles. The molecule has 7 heteroatoms. The van der Waals surface area contributed by atoms with Gasteiger partial charge in [-0.3, -0.25) is 9.71 Å². The molecule has 0 fully saturated rings. The first-order valence-electron chi connectivity index (χ1n) is 5.32. The van der Waals surface area contributed by atoms with Crippen molar-refractivity contribution in [2.45, 2.75) is 4.90 Å². The van der Waals surface area contributed by atoms with Crippen LogP contribution in [0.15, 0.2) is 53.7 Å². The van der Waals surface area contributed by atoms with Crippen molar-refractivity contribution in [1.29, 1.82) is 0 Å². The second-order valence-electron chi connectivity index (χ2n) is 3.70. The lowest BCUT2D eigenvalue weighted by Crippen LogP contribution is -2.18. The fourth-order valence-corrected chi connectivity index (χ4v) is 2.72. The van der Waals surface area contributed by atoms with Crippen LogP contribution in [0.25, 0.3) is 0 Å². The summed E-state index contributed by atoms with van der Waals surface area (Å²) in [5.74, 6) is 0. The molecular formula is C12H11N3O2S2. The smallest absolute Gasteiger partial charge is 0.263 e. The maximum Gasteiger partial charge on any atom is 0.263 e. The third kappa shape index (κ3) is 3.07. The van der Waals surface area contributed by atoms with Gasteiger partial charge in [0, 0.05) is 18.0 Å².